The van der Waals surface area contributed by atoms with Crippen molar-refractivity contribution in [2.75, 3.05) is 6.54 Å². The number of carboxylic acid groups (broad SMARTS) is 1. The molecule has 7 nitrogen and oxygen atoms in total. The van der Waals surface area contributed by atoms with Crippen LogP contribution in [0.3, 0.4) is 0 Å². The summed E-state index contributed by atoms with van der Waals surface area (Å²) in [6.07, 6.45) is 0. The Hall–Kier alpha value is -3.71. The number of hydrogen-bond acceptors (Lipinski definition) is 5. The maximum Gasteiger partial charge on any atom is 0.310 e. The van der Waals surface area contributed by atoms with E-state index < -0.39 is 11.4 Å². The molecule has 1 N–H and O–H groups in total. The third kappa shape index (κ3) is 5.10. The maximum absolute atomic E-state index is 12.7. The van der Waals surface area contributed by atoms with Crippen molar-refractivity contribution in [3.63, 3.8) is 0 Å². The lowest BCUT2D eigenvalue weighted by molar-refractivity contribution is -0.147. The molecule has 0 amide bonds. The Labute approximate surface area is 236 Å². The first-order valence-electron chi connectivity index (χ1n) is 14.1. The molecule has 0 saturated carbocycles. The van der Waals surface area contributed by atoms with Crippen molar-refractivity contribution in [2.45, 2.75) is 79.6 Å². The summed E-state index contributed by atoms with van der Waals surface area (Å²) in [7, 11) is 0. The van der Waals surface area contributed by atoms with Gasteiger partial charge in [-0.1, -0.05) is 47.7 Å². The van der Waals surface area contributed by atoms with E-state index in [9.17, 15) is 9.90 Å². The van der Waals surface area contributed by atoms with Gasteiger partial charge >= 0.3 is 5.97 Å². The summed E-state index contributed by atoms with van der Waals surface area (Å²) in [5.41, 5.74) is 6.88. The lowest BCUT2D eigenvalue weighted by Crippen LogP contribution is -2.40. The zero-order chi connectivity index (χ0) is 28.8. The van der Waals surface area contributed by atoms with Crippen LogP contribution in [-0.2, 0) is 24.4 Å². The molecule has 0 fully saturated rings. The van der Waals surface area contributed by atoms with Gasteiger partial charge in [0.1, 0.15) is 16.9 Å². The number of benzene rings is 3. The van der Waals surface area contributed by atoms with Crippen LogP contribution in [-0.4, -0.2) is 43.1 Å². The van der Waals surface area contributed by atoms with Crippen LogP contribution >= 0.6 is 0 Å². The molecule has 1 aliphatic rings. The highest BCUT2D eigenvalue weighted by Gasteiger charge is 2.40. The molecule has 4 aromatic rings. The van der Waals surface area contributed by atoms with Crippen LogP contribution in [0.25, 0.3) is 11.0 Å². The lowest BCUT2D eigenvalue weighted by atomic mass is 9.69. The van der Waals surface area contributed by atoms with E-state index in [1.807, 2.05) is 50.6 Å². The van der Waals surface area contributed by atoms with Crippen molar-refractivity contribution in [1.82, 2.24) is 19.9 Å². The first kappa shape index (κ1) is 27.8. The van der Waals surface area contributed by atoms with E-state index in [1.165, 1.54) is 16.7 Å². The summed E-state index contributed by atoms with van der Waals surface area (Å²) in [4.78, 5) is 15.1. The molecule has 3 aromatic carbocycles. The molecule has 0 radical (unpaired) electrons. The average Bonchev–Trinajstić information content (AvgIpc) is 3.26. The second-order valence-corrected chi connectivity index (χ2v) is 12.3. The number of aromatic nitrogens is 3. The summed E-state index contributed by atoms with van der Waals surface area (Å²) in [5.74, 6) is -0.265. The van der Waals surface area contributed by atoms with Crippen LogP contribution in [0.4, 0.5) is 0 Å². The van der Waals surface area contributed by atoms with Crippen molar-refractivity contribution in [3.05, 3.63) is 88.0 Å². The number of ether oxygens (including phenoxy) is 1. The lowest BCUT2D eigenvalue weighted by Gasteiger charge is -2.33. The summed E-state index contributed by atoms with van der Waals surface area (Å²) in [6, 6.07) is 18.8. The molecule has 1 aliphatic heterocycles. The molecule has 40 heavy (non-hydrogen) atoms. The van der Waals surface area contributed by atoms with Crippen molar-refractivity contribution in [2.24, 2.45) is 5.41 Å². The van der Waals surface area contributed by atoms with Crippen LogP contribution in [0.2, 0.25) is 0 Å². The molecule has 2 heterocycles. The largest absolute Gasteiger partial charge is 0.486 e. The van der Waals surface area contributed by atoms with E-state index in [0.717, 1.165) is 59.7 Å². The van der Waals surface area contributed by atoms with E-state index in [0.29, 0.717) is 0 Å². The average molecular weight is 541 g/mol. The van der Waals surface area contributed by atoms with Crippen molar-refractivity contribution in [3.8, 4) is 5.75 Å². The minimum absolute atomic E-state index is 0.339. The van der Waals surface area contributed by atoms with Crippen LogP contribution in [0.15, 0.2) is 54.6 Å². The van der Waals surface area contributed by atoms with Crippen LogP contribution in [0.5, 0.6) is 5.75 Å². The van der Waals surface area contributed by atoms with E-state index in [2.05, 4.69) is 72.4 Å². The summed E-state index contributed by atoms with van der Waals surface area (Å²) in [6.45, 7) is 17.1. The summed E-state index contributed by atoms with van der Waals surface area (Å²) >= 11 is 0. The minimum Gasteiger partial charge on any atom is -0.486 e. The highest BCUT2D eigenvalue weighted by molar-refractivity contribution is 5.82. The van der Waals surface area contributed by atoms with Crippen LogP contribution < -0.4 is 4.74 Å². The second kappa shape index (κ2) is 10.4. The molecule has 7 heteroatoms. The van der Waals surface area contributed by atoms with E-state index in [4.69, 9.17) is 4.74 Å². The van der Waals surface area contributed by atoms with Crippen molar-refractivity contribution < 1.29 is 14.6 Å². The smallest absolute Gasteiger partial charge is 0.310 e. The highest BCUT2D eigenvalue weighted by Crippen LogP contribution is 2.44. The molecule has 1 atom stereocenters. The van der Waals surface area contributed by atoms with Crippen molar-refractivity contribution in [1.29, 1.82) is 0 Å². The number of carbonyl (C=O) groups is 1. The van der Waals surface area contributed by atoms with Gasteiger partial charge in [0.25, 0.3) is 0 Å². The fourth-order valence-electron chi connectivity index (χ4n) is 6.13. The summed E-state index contributed by atoms with van der Waals surface area (Å²) in [5, 5.41) is 19.1. The number of hydrogen-bond donors (Lipinski definition) is 1. The molecule has 0 aliphatic carbocycles. The fourth-order valence-corrected chi connectivity index (χ4v) is 6.13. The molecule has 0 saturated heterocycles. The minimum atomic E-state index is -1.05. The van der Waals surface area contributed by atoms with Gasteiger partial charge in [-0.2, -0.15) is 0 Å². The topological polar surface area (TPSA) is 80.5 Å². The first-order chi connectivity index (χ1) is 18.9. The molecule has 0 spiro atoms. The number of aliphatic carboxylic acids is 1. The van der Waals surface area contributed by atoms with Crippen molar-refractivity contribution >= 4 is 17.0 Å². The second-order valence-electron chi connectivity index (χ2n) is 12.3. The third-order valence-corrected chi connectivity index (χ3v) is 8.32. The Kier molecular flexibility index (Phi) is 7.21. The fraction of sp³-hybridized carbons (Fsp3) is 0.424. The Morgan fingerprint density at radius 2 is 1.88 bits per heavy atom. The monoisotopic (exact) mass is 540 g/mol. The van der Waals surface area contributed by atoms with Gasteiger partial charge in [-0.25, -0.2) is 4.68 Å². The van der Waals surface area contributed by atoms with E-state index in [1.54, 1.807) is 0 Å². The van der Waals surface area contributed by atoms with Gasteiger partial charge in [0, 0.05) is 37.7 Å². The molecule has 0 unspecified atom stereocenters. The number of carboxylic acids is 1. The molecular formula is C33H40N4O3. The molecule has 0 bridgehead atoms. The highest BCUT2D eigenvalue weighted by atomic mass is 16.5. The van der Waals surface area contributed by atoms with Gasteiger partial charge in [-0.3, -0.25) is 9.69 Å². The molecule has 5 rings (SSSR count). The van der Waals surface area contributed by atoms with E-state index in [-0.39, 0.29) is 11.5 Å². The number of para-hydroxylation sites is 1. The zero-order valence-electron chi connectivity index (χ0n) is 24.7. The predicted octanol–water partition coefficient (Wildman–Crippen LogP) is 6.48. The summed E-state index contributed by atoms with van der Waals surface area (Å²) < 4.78 is 8.24. The maximum atomic E-state index is 12.7. The Morgan fingerprint density at radius 1 is 1.12 bits per heavy atom. The number of nitrogens with zero attached hydrogens (tertiary/aromatic N) is 4. The van der Waals surface area contributed by atoms with Crippen LogP contribution in [0.1, 0.15) is 73.9 Å². The SMILES string of the molecule is CCn1nnc2c(C)c([C@@H](c3ccc(C)c(CN4Cc5ccccc5OC(C)(C)C4)c3)C(C)(C)C(=O)O)ccc21. The Morgan fingerprint density at radius 3 is 2.60 bits per heavy atom. The first-order valence-corrected chi connectivity index (χ1v) is 14.1. The van der Waals surface area contributed by atoms with Gasteiger partial charge in [-0.15, -0.1) is 5.10 Å². The van der Waals surface area contributed by atoms with E-state index >= 15 is 0 Å². The standard InChI is InChI=1S/C33H40N4O3/c1-8-37-27-16-15-26(22(3)30(27)34-35-37)29(33(6,7)31(38)39)23-14-13-21(2)25(17-23)19-36-18-24-11-9-10-12-28(24)40-32(4,5)20-36/h9-17,29H,8,18-20H2,1-7H3,(H,38,39)/t29-/m1/s1. The molecule has 210 valence electrons. The van der Waals surface area contributed by atoms with Gasteiger partial charge < -0.3 is 9.84 Å². The third-order valence-electron chi connectivity index (χ3n) is 8.32. The number of fused-ring (bicyclic) bond motifs is 2. The predicted molar refractivity (Wildman–Crippen MR) is 158 cm³/mol. The quantitative estimate of drug-likeness (QED) is 0.289. The van der Waals surface area contributed by atoms with Gasteiger partial charge in [0.15, 0.2) is 0 Å². The molecule has 1 aromatic heterocycles. The normalized spacial score (nSPS) is 16.3. The number of rotatable bonds is 7. The van der Waals surface area contributed by atoms with Crippen LogP contribution in [0, 0.1) is 19.3 Å². The van der Waals surface area contributed by atoms with Gasteiger partial charge in [0.05, 0.1) is 10.9 Å². The van der Waals surface area contributed by atoms with Gasteiger partial charge in [0.2, 0.25) is 0 Å². The molecular weight excluding hydrogens is 500 g/mol. The Bertz CT molecular complexity index is 1570. The zero-order valence-corrected chi connectivity index (χ0v) is 24.7. The number of aryl methyl sites for hydroxylation is 3. The van der Waals surface area contributed by atoms with Gasteiger partial charge in [-0.05, 0) is 88.4 Å². The Balaban J connectivity index is 1.57.